The molecule has 0 radical (unpaired) electrons. The molecule has 2 aromatic rings. The van der Waals surface area contributed by atoms with E-state index in [4.69, 9.17) is 9.47 Å². The highest BCUT2D eigenvalue weighted by Crippen LogP contribution is 2.33. The molecule has 4 rings (SSSR count). The van der Waals surface area contributed by atoms with Gasteiger partial charge in [-0.2, -0.15) is 0 Å². The third-order valence-corrected chi connectivity index (χ3v) is 6.01. The first-order valence-corrected chi connectivity index (χ1v) is 10.3. The number of hydrogen-bond donors (Lipinski definition) is 1. The van der Waals surface area contributed by atoms with Crippen molar-refractivity contribution in [2.75, 3.05) is 44.8 Å². The molecule has 2 saturated heterocycles. The van der Waals surface area contributed by atoms with Crippen LogP contribution in [0.25, 0.3) is 0 Å². The van der Waals surface area contributed by atoms with Crippen molar-refractivity contribution in [3.8, 4) is 0 Å². The number of rotatable bonds is 5. The zero-order valence-corrected chi connectivity index (χ0v) is 16.4. The van der Waals surface area contributed by atoms with Gasteiger partial charge in [-0.1, -0.05) is 6.07 Å². The van der Waals surface area contributed by atoms with Gasteiger partial charge in [0.2, 0.25) is 0 Å². The average Bonchev–Trinajstić information content (AvgIpc) is 3.17. The van der Waals surface area contributed by atoms with Crippen LogP contribution in [-0.2, 0) is 16.0 Å². The lowest BCUT2D eigenvalue weighted by Crippen LogP contribution is -2.44. The molecule has 0 aliphatic carbocycles. The molecule has 146 valence electrons. The lowest BCUT2D eigenvalue weighted by atomic mass is 9.94. The second-order valence-electron chi connectivity index (χ2n) is 7.58. The van der Waals surface area contributed by atoms with Crippen LogP contribution in [0.5, 0.6) is 0 Å². The minimum absolute atomic E-state index is 0.218. The summed E-state index contributed by atoms with van der Waals surface area (Å²) in [6, 6.07) is 6.60. The van der Waals surface area contributed by atoms with Crippen LogP contribution in [0, 0.1) is 18.7 Å². The topological polar surface area (TPSA) is 46.6 Å². The van der Waals surface area contributed by atoms with Gasteiger partial charge >= 0.3 is 0 Å². The summed E-state index contributed by atoms with van der Waals surface area (Å²) < 4.78 is 25.5. The van der Waals surface area contributed by atoms with Crippen molar-refractivity contribution in [1.82, 2.24) is 9.88 Å². The van der Waals surface area contributed by atoms with Crippen molar-refractivity contribution in [2.24, 2.45) is 5.92 Å². The lowest BCUT2D eigenvalue weighted by molar-refractivity contribution is -0.0563. The van der Waals surface area contributed by atoms with E-state index in [0.29, 0.717) is 19.1 Å². The number of thiazole rings is 1. The predicted octanol–water partition coefficient (Wildman–Crippen LogP) is 3.31. The van der Waals surface area contributed by atoms with E-state index in [0.717, 1.165) is 55.6 Å². The lowest BCUT2D eigenvalue weighted by Gasteiger charge is -2.30. The third kappa shape index (κ3) is 4.85. The number of hydrogen-bond acceptors (Lipinski definition) is 6. The summed E-state index contributed by atoms with van der Waals surface area (Å²) in [6.07, 6.45) is 0.946. The van der Waals surface area contributed by atoms with Crippen molar-refractivity contribution in [3.05, 3.63) is 46.2 Å². The Morgan fingerprint density at radius 2 is 2.37 bits per heavy atom. The molecular formula is C20H26FN3O2S. The SMILES string of the molecule is Cc1nc(CN2CCOCC3(CC(CNc4cccc(F)c4)CO3)C2)cs1. The minimum Gasteiger partial charge on any atom is -0.385 e. The largest absolute Gasteiger partial charge is 0.385 e. The zero-order valence-electron chi connectivity index (χ0n) is 15.6. The highest BCUT2D eigenvalue weighted by Gasteiger charge is 2.43. The standard InChI is InChI=1S/C20H26FN3O2S/c1-15-23-19(12-27-15)10-24-5-6-25-14-20(13-24)8-16(11-26-20)9-22-18-4-2-3-17(21)7-18/h2-4,7,12,16,22H,5-6,8-11,13-14H2,1H3. The first-order valence-electron chi connectivity index (χ1n) is 9.45. The van der Waals surface area contributed by atoms with Crippen LogP contribution in [0.4, 0.5) is 10.1 Å². The molecule has 1 N–H and O–H groups in total. The van der Waals surface area contributed by atoms with E-state index in [-0.39, 0.29) is 11.4 Å². The molecule has 1 aromatic heterocycles. The van der Waals surface area contributed by atoms with Gasteiger partial charge in [0.15, 0.2) is 0 Å². The number of nitrogens with zero attached hydrogens (tertiary/aromatic N) is 2. The van der Waals surface area contributed by atoms with Crippen LogP contribution in [0.3, 0.4) is 0 Å². The summed E-state index contributed by atoms with van der Waals surface area (Å²) in [4.78, 5) is 6.98. The highest BCUT2D eigenvalue weighted by molar-refractivity contribution is 7.09. The van der Waals surface area contributed by atoms with Crippen molar-refractivity contribution in [1.29, 1.82) is 0 Å². The van der Waals surface area contributed by atoms with E-state index < -0.39 is 0 Å². The Labute approximate surface area is 163 Å². The third-order valence-electron chi connectivity index (χ3n) is 5.19. The van der Waals surface area contributed by atoms with Crippen molar-refractivity contribution in [3.63, 3.8) is 0 Å². The van der Waals surface area contributed by atoms with Crippen LogP contribution >= 0.6 is 11.3 Å². The molecule has 0 bridgehead atoms. The summed E-state index contributed by atoms with van der Waals surface area (Å²) in [5.41, 5.74) is 1.68. The monoisotopic (exact) mass is 391 g/mol. The summed E-state index contributed by atoms with van der Waals surface area (Å²) in [7, 11) is 0. The van der Waals surface area contributed by atoms with Crippen molar-refractivity contribution in [2.45, 2.75) is 25.5 Å². The van der Waals surface area contributed by atoms with Gasteiger partial charge in [0, 0.05) is 43.2 Å². The Morgan fingerprint density at radius 1 is 1.44 bits per heavy atom. The Morgan fingerprint density at radius 3 is 3.19 bits per heavy atom. The van der Waals surface area contributed by atoms with Crippen LogP contribution in [0.1, 0.15) is 17.1 Å². The summed E-state index contributed by atoms with van der Waals surface area (Å²) in [5, 5.41) is 6.57. The van der Waals surface area contributed by atoms with E-state index >= 15 is 0 Å². The molecule has 2 aliphatic rings. The number of halogens is 1. The maximum Gasteiger partial charge on any atom is 0.125 e. The Hall–Kier alpha value is -1.54. The average molecular weight is 392 g/mol. The summed E-state index contributed by atoms with van der Waals surface area (Å²) >= 11 is 1.69. The number of anilines is 1. The molecule has 2 unspecified atom stereocenters. The first-order chi connectivity index (χ1) is 13.1. The minimum atomic E-state index is -0.254. The first kappa shape index (κ1) is 18.8. The highest BCUT2D eigenvalue weighted by atomic mass is 32.1. The quantitative estimate of drug-likeness (QED) is 0.847. The Balaban J connectivity index is 1.34. The molecule has 2 atom stereocenters. The van der Waals surface area contributed by atoms with E-state index in [1.54, 1.807) is 17.4 Å². The number of ether oxygens (including phenoxy) is 2. The molecule has 0 amide bonds. The maximum atomic E-state index is 13.3. The van der Waals surface area contributed by atoms with E-state index in [1.165, 1.54) is 12.1 Å². The Bertz CT molecular complexity index is 771. The maximum absolute atomic E-state index is 13.3. The van der Waals surface area contributed by atoms with E-state index in [1.807, 2.05) is 13.0 Å². The van der Waals surface area contributed by atoms with Gasteiger partial charge in [0.05, 0.1) is 30.5 Å². The van der Waals surface area contributed by atoms with Crippen LogP contribution < -0.4 is 5.32 Å². The number of benzene rings is 1. The van der Waals surface area contributed by atoms with Gasteiger partial charge in [0.25, 0.3) is 0 Å². The molecule has 0 saturated carbocycles. The van der Waals surface area contributed by atoms with Gasteiger partial charge in [-0.05, 0) is 31.5 Å². The fourth-order valence-electron chi connectivity index (χ4n) is 3.97. The second-order valence-corrected chi connectivity index (χ2v) is 8.64. The molecular weight excluding hydrogens is 365 g/mol. The van der Waals surface area contributed by atoms with Crippen molar-refractivity contribution >= 4 is 17.0 Å². The number of nitrogens with one attached hydrogen (secondary N) is 1. The molecule has 2 aliphatic heterocycles. The molecule has 5 nitrogen and oxygen atoms in total. The molecule has 2 fully saturated rings. The smallest absolute Gasteiger partial charge is 0.125 e. The zero-order chi connectivity index (χ0) is 18.7. The van der Waals surface area contributed by atoms with Gasteiger partial charge in [-0.15, -0.1) is 11.3 Å². The molecule has 1 aromatic carbocycles. The van der Waals surface area contributed by atoms with Gasteiger partial charge in [0.1, 0.15) is 11.4 Å². The summed E-state index contributed by atoms with van der Waals surface area (Å²) in [5.74, 6) is 0.169. The van der Waals surface area contributed by atoms with Crippen LogP contribution in [-0.4, -0.2) is 54.9 Å². The van der Waals surface area contributed by atoms with Crippen molar-refractivity contribution < 1.29 is 13.9 Å². The van der Waals surface area contributed by atoms with E-state index in [9.17, 15) is 4.39 Å². The van der Waals surface area contributed by atoms with Gasteiger partial charge < -0.3 is 14.8 Å². The fourth-order valence-corrected chi connectivity index (χ4v) is 4.57. The fraction of sp³-hybridized carbons (Fsp3) is 0.550. The van der Waals surface area contributed by atoms with Crippen LogP contribution in [0.15, 0.2) is 29.6 Å². The normalized spacial score (nSPS) is 26.4. The predicted molar refractivity (Wildman–Crippen MR) is 105 cm³/mol. The second kappa shape index (κ2) is 8.22. The summed E-state index contributed by atoms with van der Waals surface area (Å²) in [6.45, 7) is 7.47. The van der Waals surface area contributed by atoms with Gasteiger partial charge in [-0.3, -0.25) is 4.90 Å². The molecule has 3 heterocycles. The van der Waals surface area contributed by atoms with Gasteiger partial charge in [-0.25, -0.2) is 9.37 Å². The van der Waals surface area contributed by atoms with Crippen LogP contribution in [0.2, 0.25) is 0 Å². The molecule has 1 spiro atoms. The molecule has 27 heavy (non-hydrogen) atoms. The number of aryl methyl sites for hydroxylation is 1. The number of aromatic nitrogens is 1. The Kier molecular flexibility index (Phi) is 5.73. The molecule has 7 heteroatoms. The van der Waals surface area contributed by atoms with E-state index in [2.05, 4.69) is 20.6 Å².